The summed E-state index contributed by atoms with van der Waals surface area (Å²) in [7, 11) is 0. The molecule has 0 aliphatic carbocycles. The van der Waals surface area contributed by atoms with Crippen LogP contribution in [0, 0.1) is 0 Å². The minimum atomic E-state index is -0.944. The van der Waals surface area contributed by atoms with E-state index in [4.69, 9.17) is 5.73 Å². The van der Waals surface area contributed by atoms with Gasteiger partial charge in [-0.1, -0.05) is 12.1 Å². The molecule has 1 rings (SSSR count). The average molecular weight is 197 g/mol. The fourth-order valence-electron chi connectivity index (χ4n) is 1.60. The van der Waals surface area contributed by atoms with E-state index >= 15 is 0 Å². The van der Waals surface area contributed by atoms with E-state index in [2.05, 4.69) is 0 Å². The molecule has 2 unspecified atom stereocenters. The van der Waals surface area contributed by atoms with Crippen LogP contribution in [-0.2, 0) is 0 Å². The van der Waals surface area contributed by atoms with Crippen LogP contribution in [0.1, 0.15) is 24.8 Å². The van der Waals surface area contributed by atoms with Crippen molar-refractivity contribution < 1.29 is 9.50 Å². The van der Waals surface area contributed by atoms with Crippen LogP contribution in [-0.4, -0.2) is 17.8 Å². The lowest BCUT2D eigenvalue weighted by Gasteiger charge is -2.17. The largest absolute Gasteiger partial charge is 0.508 e. The minimum absolute atomic E-state index is 0.171. The zero-order valence-electron chi connectivity index (χ0n) is 8.28. The van der Waals surface area contributed by atoms with E-state index in [9.17, 15) is 9.50 Å². The summed E-state index contributed by atoms with van der Waals surface area (Å²) in [4.78, 5) is 0. The zero-order chi connectivity index (χ0) is 10.6. The lowest BCUT2D eigenvalue weighted by Crippen LogP contribution is -2.15. The molecule has 1 aromatic carbocycles. The van der Waals surface area contributed by atoms with Gasteiger partial charge < -0.3 is 10.8 Å². The van der Waals surface area contributed by atoms with Gasteiger partial charge in [0.15, 0.2) is 0 Å². The van der Waals surface area contributed by atoms with Crippen molar-refractivity contribution in [3.63, 3.8) is 0 Å². The number of alkyl halides is 1. The molecule has 0 heterocycles. The molecule has 0 radical (unpaired) electrons. The number of halogens is 1. The molecule has 1 aromatic rings. The van der Waals surface area contributed by atoms with Crippen molar-refractivity contribution in [1.82, 2.24) is 0 Å². The van der Waals surface area contributed by atoms with Crippen molar-refractivity contribution in [3.8, 4) is 5.75 Å². The standard InChI is InChI=1S/C11H16FNO/c1-8(12)11(5-6-13)9-3-2-4-10(14)7-9/h2-4,7-8,11,14H,5-6,13H2,1H3. The molecule has 78 valence electrons. The average Bonchev–Trinajstić information content (AvgIpc) is 2.13. The highest BCUT2D eigenvalue weighted by Gasteiger charge is 2.18. The minimum Gasteiger partial charge on any atom is -0.508 e. The lowest BCUT2D eigenvalue weighted by molar-refractivity contribution is 0.296. The van der Waals surface area contributed by atoms with E-state index in [0.717, 1.165) is 5.56 Å². The molecule has 0 aromatic heterocycles. The number of nitrogens with two attached hydrogens (primary N) is 1. The maximum atomic E-state index is 13.2. The van der Waals surface area contributed by atoms with E-state index < -0.39 is 6.17 Å². The van der Waals surface area contributed by atoms with Gasteiger partial charge in [0, 0.05) is 5.92 Å². The second-order valence-corrected chi connectivity index (χ2v) is 3.46. The van der Waals surface area contributed by atoms with Gasteiger partial charge in [0.1, 0.15) is 11.9 Å². The van der Waals surface area contributed by atoms with Crippen molar-refractivity contribution >= 4 is 0 Å². The van der Waals surface area contributed by atoms with Crippen LogP contribution in [0.5, 0.6) is 5.75 Å². The summed E-state index contributed by atoms with van der Waals surface area (Å²) in [6.45, 7) is 1.97. The third-order valence-corrected chi connectivity index (χ3v) is 2.33. The molecule has 0 aliphatic heterocycles. The number of phenols is 1. The highest BCUT2D eigenvalue weighted by atomic mass is 19.1. The molecular formula is C11H16FNO. The highest BCUT2D eigenvalue weighted by Crippen LogP contribution is 2.27. The summed E-state index contributed by atoms with van der Waals surface area (Å²) >= 11 is 0. The third kappa shape index (κ3) is 2.70. The molecule has 0 fully saturated rings. The number of hydrogen-bond donors (Lipinski definition) is 2. The summed E-state index contributed by atoms with van der Waals surface area (Å²) in [6, 6.07) is 6.70. The van der Waals surface area contributed by atoms with Crippen LogP contribution in [0.3, 0.4) is 0 Å². The van der Waals surface area contributed by atoms with Gasteiger partial charge in [-0.05, 0) is 37.6 Å². The Hall–Kier alpha value is -1.09. The van der Waals surface area contributed by atoms with Gasteiger partial charge in [0.2, 0.25) is 0 Å². The Morgan fingerprint density at radius 3 is 2.71 bits per heavy atom. The maximum absolute atomic E-state index is 13.2. The predicted octanol–water partition coefficient (Wildman–Crippen LogP) is 2.18. The molecule has 0 amide bonds. The molecule has 0 spiro atoms. The Kier molecular flexibility index (Phi) is 3.89. The van der Waals surface area contributed by atoms with Crippen LogP contribution in [0.4, 0.5) is 4.39 Å². The fourth-order valence-corrected chi connectivity index (χ4v) is 1.60. The van der Waals surface area contributed by atoms with Crippen LogP contribution in [0.15, 0.2) is 24.3 Å². The first kappa shape index (κ1) is 11.0. The Morgan fingerprint density at radius 2 is 2.21 bits per heavy atom. The van der Waals surface area contributed by atoms with Gasteiger partial charge in [0.25, 0.3) is 0 Å². The van der Waals surface area contributed by atoms with E-state index in [-0.39, 0.29) is 11.7 Å². The molecule has 3 heteroatoms. The molecule has 0 saturated carbocycles. The monoisotopic (exact) mass is 197 g/mol. The molecule has 0 saturated heterocycles. The van der Waals surface area contributed by atoms with Gasteiger partial charge in [0.05, 0.1) is 0 Å². The first-order chi connectivity index (χ1) is 6.65. The van der Waals surface area contributed by atoms with E-state index in [1.807, 2.05) is 6.07 Å². The second kappa shape index (κ2) is 4.96. The molecule has 0 aliphatic rings. The molecule has 3 N–H and O–H groups in total. The van der Waals surface area contributed by atoms with Crippen molar-refractivity contribution in [1.29, 1.82) is 0 Å². The highest BCUT2D eigenvalue weighted by molar-refractivity contribution is 5.30. The van der Waals surface area contributed by atoms with Crippen molar-refractivity contribution in [2.45, 2.75) is 25.4 Å². The van der Waals surface area contributed by atoms with Gasteiger partial charge in [-0.15, -0.1) is 0 Å². The van der Waals surface area contributed by atoms with E-state index in [0.29, 0.717) is 13.0 Å². The number of benzene rings is 1. The second-order valence-electron chi connectivity index (χ2n) is 3.46. The number of rotatable bonds is 4. The van der Waals surface area contributed by atoms with Gasteiger partial charge >= 0.3 is 0 Å². The van der Waals surface area contributed by atoms with Gasteiger partial charge in [-0.2, -0.15) is 0 Å². The molecular weight excluding hydrogens is 181 g/mol. The topological polar surface area (TPSA) is 46.2 Å². The Morgan fingerprint density at radius 1 is 1.50 bits per heavy atom. The lowest BCUT2D eigenvalue weighted by atomic mass is 9.92. The number of phenolic OH excluding ortho intramolecular Hbond substituents is 1. The van der Waals surface area contributed by atoms with Gasteiger partial charge in [-0.25, -0.2) is 4.39 Å². The summed E-state index contributed by atoms with van der Waals surface area (Å²) < 4.78 is 13.2. The maximum Gasteiger partial charge on any atom is 0.115 e. The van der Waals surface area contributed by atoms with Crippen LogP contribution >= 0.6 is 0 Å². The first-order valence-electron chi connectivity index (χ1n) is 4.78. The van der Waals surface area contributed by atoms with E-state index in [1.165, 1.54) is 6.92 Å². The van der Waals surface area contributed by atoms with Crippen LogP contribution in [0.25, 0.3) is 0 Å². The normalized spacial score (nSPS) is 15.1. The summed E-state index contributed by atoms with van der Waals surface area (Å²) in [5.74, 6) is -0.0442. The smallest absolute Gasteiger partial charge is 0.115 e. The molecule has 2 nitrogen and oxygen atoms in total. The Balaban J connectivity index is 2.87. The summed E-state index contributed by atoms with van der Waals surface area (Å²) in [6.07, 6.45) is -0.346. The third-order valence-electron chi connectivity index (χ3n) is 2.33. The Labute approximate surface area is 83.6 Å². The SMILES string of the molecule is CC(F)C(CCN)c1cccc(O)c1. The van der Waals surface area contributed by atoms with Crippen LogP contribution < -0.4 is 5.73 Å². The van der Waals surface area contributed by atoms with Crippen LogP contribution in [0.2, 0.25) is 0 Å². The Bertz CT molecular complexity index is 288. The molecule has 2 atom stereocenters. The zero-order valence-corrected chi connectivity index (χ0v) is 8.28. The molecule has 14 heavy (non-hydrogen) atoms. The van der Waals surface area contributed by atoms with Crippen molar-refractivity contribution in [2.75, 3.05) is 6.54 Å². The van der Waals surface area contributed by atoms with Crippen molar-refractivity contribution in [3.05, 3.63) is 29.8 Å². The quantitative estimate of drug-likeness (QED) is 0.777. The van der Waals surface area contributed by atoms with Gasteiger partial charge in [-0.3, -0.25) is 0 Å². The number of hydrogen-bond acceptors (Lipinski definition) is 2. The molecule has 0 bridgehead atoms. The van der Waals surface area contributed by atoms with Crippen molar-refractivity contribution in [2.24, 2.45) is 5.73 Å². The summed E-state index contributed by atoms with van der Waals surface area (Å²) in [5.41, 5.74) is 6.22. The number of aromatic hydroxyl groups is 1. The fraction of sp³-hybridized carbons (Fsp3) is 0.455. The summed E-state index contributed by atoms with van der Waals surface area (Å²) in [5, 5.41) is 9.26. The van der Waals surface area contributed by atoms with E-state index in [1.54, 1.807) is 18.2 Å². The predicted molar refractivity (Wildman–Crippen MR) is 55.1 cm³/mol. The first-order valence-corrected chi connectivity index (χ1v) is 4.78.